The summed E-state index contributed by atoms with van der Waals surface area (Å²) in [5, 5.41) is 9.60. The summed E-state index contributed by atoms with van der Waals surface area (Å²) in [7, 11) is 0. The SMILES string of the molecule is Cc1cc(C)c(C(=O)O)c(SCc2cc(F)cc(F)c2)n1. The van der Waals surface area contributed by atoms with Crippen LogP contribution < -0.4 is 0 Å². The standard InChI is InChI=1S/C15H13F2NO2S/c1-8-3-9(2)18-14(13(8)15(19)20)21-7-10-4-11(16)6-12(17)5-10/h3-6H,7H2,1-2H3,(H,19,20). The van der Waals surface area contributed by atoms with E-state index in [1.54, 1.807) is 19.9 Å². The molecule has 21 heavy (non-hydrogen) atoms. The fraction of sp³-hybridized carbons (Fsp3) is 0.200. The van der Waals surface area contributed by atoms with Gasteiger partial charge in [0, 0.05) is 17.5 Å². The van der Waals surface area contributed by atoms with E-state index in [0.29, 0.717) is 21.8 Å². The summed E-state index contributed by atoms with van der Waals surface area (Å²) >= 11 is 1.15. The molecule has 0 aliphatic heterocycles. The van der Waals surface area contributed by atoms with Crippen LogP contribution >= 0.6 is 11.8 Å². The van der Waals surface area contributed by atoms with Gasteiger partial charge in [0.2, 0.25) is 0 Å². The van der Waals surface area contributed by atoms with Gasteiger partial charge in [0.15, 0.2) is 0 Å². The van der Waals surface area contributed by atoms with E-state index in [1.165, 1.54) is 12.1 Å². The van der Waals surface area contributed by atoms with Crippen LogP contribution in [0.5, 0.6) is 0 Å². The van der Waals surface area contributed by atoms with E-state index in [1.807, 2.05) is 0 Å². The number of aromatic nitrogens is 1. The number of benzene rings is 1. The Hall–Kier alpha value is -1.95. The molecule has 0 saturated heterocycles. The molecule has 0 spiro atoms. The molecule has 1 aromatic carbocycles. The first-order valence-electron chi connectivity index (χ1n) is 6.16. The molecule has 0 aliphatic carbocycles. The Morgan fingerprint density at radius 3 is 2.38 bits per heavy atom. The quantitative estimate of drug-likeness (QED) is 0.868. The van der Waals surface area contributed by atoms with E-state index in [0.717, 1.165) is 17.8 Å². The molecule has 2 rings (SSSR count). The second-order valence-corrected chi connectivity index (χ2v) is 5.60. The van der Waals surface area contributed by atoms with Crippen molar-refractivity contribution in [3.8, 4) is 0 Å². The number of carbonyl (C=O) groups is 1. The van der Waals surface area contributed by atoms with Crippen molar-refractivity contribution in [2.75, 3.05) is 0 Å². The van der Waals surface area contributed by atoms with Crippen molar-refractivity contribution in [1.29, 1.82) is 0 Å². The van der Waals surface area contributed by atoms with Crippen molar-refractivity contribution >= 4 is 17.7 Å². The molecule has 0 radical (unpaired) electrons. The molecule has 0 unspecified atom stereocenters. The molecule has 6 heteroatoms. The number of halogens is 2. The van der Waals surface area contributed by atoms with Gasteiger partial charge in [0.25, 0.3) is 0 Å². The smallest absolute Gasteiger partial charge is 0.338 e. The van der Waals surface area contributed by atoms with Crippen LogP contribution in [0.2, 0.25) is 0 Å². The highest BCUT2D eigenvalue weighted by Gasteiger charge is 2.16. The van der Waals surface area contributed by atoms with Crippen molar-refractivity contribution in [1.82, 2.24) is 4.98 Å². The third-order valence-electron chi connectivity index (χ3n) is 2.82. The Bertz CT molecular complexity index is 684. The molecule has 0 bridgehead atoms. The van der Waals surface area contributed by atoms with Crippen LogP contribution in [0.1, 0.15) is 27.2 Å². The van der Waals surface area contributed by atoms with E-state index in [2.05, 4.69) is 4.98 Å². The molecule has 0 aliphatic rings. The Morgan fingerprint density at radius 2 is 1.81 bits per heavy atom. The second kappa shape index (κ2) is 6.22. The monoisotopic (exact) mass is 309 g/mol. The highest BCUT2D eigenvalue weighted by Crippen LogP contribution is 2.27. The average Bonchev–Trinajstić information content (AvgIpc) is 2.33. The number of rotatable bonds is 4. The van der Waals surface area contributed by atoms with E-state index in [-0.39, 0.29) is 11.3 Å². The van der Waals surface area contributed by atoms with Gasteiger partial charge >= 0.3 is 5.97 Å². The lowest BCUT2D eigenvalue weighted by molar-refractivity contribution is 0.0691. The summed E-state index contributed by atoms with van der Waals surface area (Å²) in [5.74, 6) is -2.13. The largest absolute Gasteiger partial charge is 0.478 e. The summed E-state index contributed by atoms with van der Waals surface area (Å²) in [4.78, 5) is 15.5. The number of aryl methyl sites for hydroxylation is 2. The van der Waals surface area contributed by atoms with Gasteiger partial charge < -0.3 is 5.11 Å². The first-order valence-corrected chi connectivity index (χ1v) is 7.14. The Kier molecular flexibility index (Phi) is 4.57. The number of carboxylic acids is 1. The first-order chi connectivity index (χ1) is 9.86. The minimum Gasteiger partial charge on any atom is -0.478 e. The van der Waals surface area contributed by atoms with Crippen LogP contribution in [-0.2, 0) is 5.75 Å². The fourth-order valence-corrected chi connectivity index (χ4v) is 3.08. The van der Waals surface area contributed by atoms with E-state index in [9.17, 15) is 18.7 Å². The van der Waals surface area contributed by atoms with E-state index in [4.69, 9.17) is 0 Å². The molecule has 3 nitrogen and oxygen atoms in total. The molecule has 110 valence electrons. The number of pyridine rings is 1. The summed E-state index contributed by atoms with van der Waals surface area (Å²) < 4.78 is 26.3. The molecule has 1 aromatic heterocycles. The van der Waals surface area contributed by atoms with Crippen LogP contribution in [0.4, 0.5) is 8.78 Å². The Balaban J connectivity index is 2.29. The number of hydrogen-bond acceptors (Lipinski definition) is 3. The maximum Gasteiger partial charge on any atom is 0.338 e. The lowest BCUT2D eigenvalue weighted by atomic mass is 10.1. The second-order valence-electron chi connectivity index (χ2n) is 4.63. The van der Waals surface area contributed by atoms with Crippen molar-refractivity contribution in [3.05, 3.63) is 58.3 Å². The number of carboxylic acid groups (broad SMARTS) is 1. The van der Waals surface area contributed by atoms with Gasteiger partial charge in [-0.25, -0.2) is 18.6 Å². The Morgan fingerprint density at radius 1 is 1.19 bits per heavy atom. The lowest BCUT2D eigenvalue weighted by Gasteiger charge is -2.09. The summed E-state index contributed by atoms with van der Waals surface area (Å²) in [6.07, 6.45) is 0. The zero-order valence-corrected chi connectivity index (χ0v) is 12.3. The van der Waals surface area contributed by atoms with Crippen LogP contribution in [0.15, 0.2) is 29.3 Å². The van der Waals surface area contributed by atoms with Crippen molar-refractivity contribution in [3.63, 3.8) is 0 Å². The van der Waals surface area contributed by atoms with Gasteiger partial charge in [-0.2, -0.15) is 0 Å². The molecule has 2 aromatic rings. The van der Waals surface area contributed by atoms with E-state index < -0.39 is 17.6 Å². The van der Waals surface area contributed by atoms with Gasteiger partial charge in [-0.15, -0.1) is 11.8 Å². The van der Waals surface area contributed by atoms with Crippen molar-refractivity contribution in [2.45, 2.75) is 24.6 Å². The molecule has 0 saturated carbocycles. The molecule has 1 N–H and O–H groups in total. The Labute approximate surface area is 125 Å². The van der Waals surface area contributed by atoms with E-state index >= 15 is 0 Å². The first kappa shape index (κ1) is 15.4. The highest BCUT2D eigenvalue weighted by molar-refractivity contribution is 7.98. The topological polar surface area (TPSA) is 50.2 Å². The molecular weight excluding hydrogens is 296 g/mol. The molecule has 0 atom stereocenters. The van der Waals surface area contributed by atoms with Crippen LogP contribution in [-0.4, -0.2) is 16.1 Å². The van der Waals surface area contributed by atoms with Crippen LogP contribution in [0.25, 0.3) is 0 Å². The third kappa shape index (κ3) is 3.78. The summed E-state index contributed by atoms with van der Waals surface area (Å²) in [6.45, 7) is 3.47. The maximum absolute atomic E-state index is 13.1. The molecule has 0 amide bonds. The number of nitrogens with zero attached hydrogens (tertiary/aromatic N) is 1. The van der Waals surface area contributed by atoms with Gasteiger partial charge in [0.1, 0.15) is 16.7 Å². The molecule has 0 fully saturated rings. The lowest BCUT2D eigenvalue weighted by Crippen LogP contribution is -2.05. The fourth-order valence-electron chi connectivity index (χ4n) is 2.01. The maximum atomic E-state index is 13.1. The van der Waals surface area contributed by atoms with Crippen molar-refractivity contribution < 1.29 is 18.7 Å². The normalized spacial score (nSPS) is 10.7. The zero-order valence-electron chi connectivity index (χ0n) is 11.5. The van der Waals surface area contributed by atoms with Crippen LogP contribution in [0, 0.1) is 25.5 Å². The average molecular weight is 309 g/mol. The minimum absolute atomic E-state index is 0.127. The van der Waals surface area contributed by atoms with Gasteiger partial charge in [-0.1, -0.05) is 0 Å². The molecular formula is C15H13F2NO2S. The number of hydrogen-bond donors (Lipinski definition) is 1. The minimum atomic E-state index is -1.06. The number of aromatic carboxylic acids is 1. The van der Waals surface area contributed by atoms with Gasteiger partial charge in [-0.3, -0.25) is 0 Å². The number of thioether (sulfide) groups is 1. The van der Waals surface area contributed by atoms with Gasteiger partial charge in [-0.05, 0) is 43.2 Å². The van der Waals surface area contributed by atoms with Crippen LogP contribution in [0.3, 0.4) is 0 Å². The highest BCUT2D eigenvalue weighted by atomic mass is 32.2. The van der Waals surface area contributed by atoms with Crippen molar-refractivity contribution in [2.24, 2.45) is 0 Å². The summed E-state index contributed by atoms with van der Waals surface area (Å²) in [6, 6.07) is 4.93. The predicted molar refractivity (Wildman–Crippen MR) is 76.6 cm³/mol. The summed E-state index contributed by atoms with van der Waals surface area (Å²) in [5.41, 5.74) is 1.88. The predicted octanol–water partition coefficient (Wildman–Crippen LogP) is 3.97. The zero-order chi connectivity index (χ0) is 15.6. The third-order valence-corrected chi connectivity index (χ3v) is 3.87. The van der Waals surface area contributed by atoms with Gasteiger partial charge in [0.05, 0.1) is 5.56 Å². The molecule has 1 heterocycles.